The predicted molar refractivity (Wildman–Crippen MR) is 90.4 cm³/mol. The van der Waals surface area contributed by atoms with E-state index in [-0.39, 0.29) is 29.1 Å². The zero-order valence-electron chi connectivity index (χ0n) is 13.6. The van der Waals surface area contributed by atoms with Crippen LogP contribution in [0, 0.1) is 5.53 Å². The van der Waals surface area contributed by atoms with Gasteiger partial charge < -0.3 is 20.9 Å². The molecule has 3 aromatic rings. The number of nitrogens with two attached hydrogens (primary N) is 1. The van der Waals surface area contributed by atoms with Gasteiger partial charge in [0.25, 0.3) is 6.43 Å². The third kappa shape index (κ3) is 3.06. The van der Waals surface area contributed by atoms with Crippen LogP contribution in [0.2, 0.25) is 0 Å². The number of hydrogen-bond acceptors (Lipinski definition) is 8. The van der Waals surface area contributed by atoms with Gasteiger partial charge >= 0.3 is 0 Å². The van der Waals surface area contributed by atoms with Crippen molar-refractivity contribution in [2.24, 2.45) is 5.11 Å². The Balaban J connectivity index is 2.17. The molecule has 11 heteroatoms. The van der Waals surface area contributed by atoms with Gasteiger partial charge in [0, 0.05) is 11.6 Å². The highest BCUT2D eigenvalue weighted by Gasteiger charge is 2.19. The minimum Gasteiger partial charge on any atom is -0.493 e. The van der Waals surface area contributed by atoms with Gasteiger partial charge in [0.2, 0.25) is 17.7 Å². The second-order valence-corrected chi connectivity index (χ2v) is 5.27. The molecule has 0 fully saturated rings. The van der Waals surface area contributed by atoms with Crippen LogP contribution in [0.25, 0.3) is 16.6 Å². The normalized spacial score (nSPS) is 11.1. The number of halogens is 2. The molecule has 5 N–H and O–H groups in total. The number of alkyl halides is 2. The molecule has 0 aliphatic carbocycles. The number of rotatable bonds is 6. The number of nitrogen functional groups attached to an aromatic ring is 1. The maximum Gasteiger partial charge on any atom is 0.255 e. The Morgan fingerprint density at radius 2 is 2.19 bits per heavy atom. The minimum absolute atomic E-state index is 0.0885. The molecule has 0 aliphatic rings. The standard InChI is InChI=1S/C15H15F2N7O2/c1-26-14-13-8(5-12(25)24(13)23-15(18)21-14)7-2-3-9(22-19)10(4-7)20-6-11(16)17/h2-5,11,19-20,25H,6H2,1H3,(H2,18,23). The molecule has 9 nitrogen and oxygen atoms in total. The van der Waals surface area contributed by atoms with Crippen molar-refractivity contribution in [2.75, 3.05) is 24.7 Å². The maximum absolute atomic E-state index is 12.5. The summed E-state index contributed by atoms with van der Waals surface area (Å²) in [5.74, 6) is -0.141. The fraction of sp³-hybridized carbons (Fsp3) is 0.200. The number of aromatic nitrogens is 3. The van der Waals surface area contributed by atoms with Crippen LogP contribution in [0.3, 0.4) is 0 Å². The van der Waals surface area contributed by atoms with E-state index < -0.39 is 13.0 Å². The van der Waals surface area contributed by atoms with Gasteiger partial charge in [-0.3, -0.25) is 0 Å². The van der Waals surface area contributed by atoms with Crippen LogP contribution in [-0.4, -0.2) is 39.8 Å². The molecule has 1 aromatic carbocycles. The Kier molecular flexibility index (Phi) is 4.52. The molecule has 0 unspecified atom stereocenters. The SMILES string of the molecule is COc1nc(N)nn2c(O)cc(-c3ccc(N=N)c(NCC(F)F)c3)c12. The number of hydrogen-bond donors (Lipinski definition) is 4. The van der Waals surface area contributed by atoms with E-state index in [4.69, 9.17) is 16.0 Å². The first-order valence-corrected chi connectivity index (χ1v) is 7.40. The number of anilines is 2. The highest BCUT2D eigenvalue weighted by atomic mass is 19.3. The molecular formula is C15H15F2N7O2. The number of aromatic hydroxyl groups is 1. The molecule has 3 rings (SSSR count). The predicted octanol–water partition coefficient (Wildman–Crippen LogP) is 3.03. The van der Waals surface area contributed by atoms with Crippen LogP contribution in [0.15, 0.2) is 29.4 Å². The lowest BCUT2D eigenvalue weighted by atomic mass is 10.1. The molecule has 2 aromatic heterocycles. The van der Waals surface area contributed by atoms with E-state index in [0.717, 1.165) is 0 Å². The summed E-state index contributed by atoms with van der Waals surface area (Å²) in [5.41, 5.74) is 14.6. The van der Waals surface area contributed by atoms with Crippen LogP contribution in [0.4, 0.5) is 26.1 Å². The highest BCUT2D eigenvalue weighted by molar-refractivity contribution is 5.88. The summed E-state index contributed by atoms with van der Waals surface area (Å²) >= 11 is 0. The van der Waals surface area contributed by atoms with Gasteiger partial charge in [0.05, 0.1) is 19.3 Å². The molecule has 2 heterocycles. The molecule has 0 bridgehead atoms. The van der Waals surface area contributed by atoms with Gasteiger partial charge in [-0.15, -0.1) is 5.10 Å². The van der Waals surface area contributed by atoms with Gasteiger partial charge in [0.15, 0.2) is 0 Å². The Bertz CT molecular complexity index is 974. The van der Waals surface area contributed by atoms with Crippen molar-refractivity contribution >= 4 is 22.8 Å². The number of methoxy groups -OCH3 is 1. The minimum atomic E-state index is -2.56. The molecule has 0 saturated heterocycles. The number of benzene rings is 1. The van der Waals surface area contributed by atoms with Crippen molar-refractivity contribution in [2.45, 2.75) is 6.43 Å². The van der Waals surface area contributed by atoms with Gasteiger partial charge in [0.1, 0.15) is 11.2 Å². The molecule has 136 valence electrons. The second-order valence-electron chi connectivity index (χ2n) is 5.27. The van der Waals surface area contributed by atoms with E-state index in [1.165, 1.54) is 23.8 Å². The first-order chi connectivity index (χ1) is 12.4. The molecule has 0 spiro atoms. The van der Waals surface area contributed by atoms with E-state index >= 15 is 0 Å². The summed E-state index contributed by atoms with van der Waals surface area (Å²) < 4.78 is 31.4. The highest BCUT2D eigenvalue weighted by Crippen LogP contribution is 2.38. The number of nitrogens with one attached hydrogen (secondary N) is 2. The van der Waals surface area contributed by atoms with Crippen molar-refractivity contribution in [3.05, 3.63) is 24.3 Å². The maximum atomic E-state index is 12.5. The molecule has 0 aliphatic heterocycles. The quantitative estimate of drug-likeness (QED) is 0.497. The Morgan fingerprint density at radius 1 is 1.42 bits per heavy atom. The number of fused-ring (bicyclic) bond motifs is 1. The molecular weight excluding hydrogens is 348 g/mol. The van der Waals surface area contributed by atoms with E-state index in [0.29, 0.717) is 16.6 Å². The van der Waals surface area contributed by atoms with Crippen molar-refractivity contribution in [1.82, 2.24) is 14.6 Å². The lowest BCUT2D eigenvalue weighted by Crippen LogP contribution is -2.10. The second kappa shape index (κ2) is 6.78. The largest absolute Gasteiger partial charge is 0.493 e. The van der Waals surface area contributed by atoms with Gasteiger partial charge in [-0.05, 0) is 17.7 Å². The van der Waals surface area contributed by atoms with E-state index in [9.17, 15) is 13.9 Å². The summed E-state index contributed by atoms with van der Waals surface area (Å²) in [6, 6.07) is 6.10. The van der Waals surface area contributed by atoms with Crippen LogP contribution in [0.5, 0.6) is 11.8 Å². The van der Waals surface area contributed by atoms with E-state index in [2.05, 4.69) is 20.5 Å². The number of ether oxygens (including phenoxy) is 1. The summed E-state index contributed by atoms with van der Waals surface area (Å²) in [7, 11) is 1.40. The van der Waals surface area contributed by atoms with Crippen LogP contribution < -0.4 is 15.8 Å². The average Bonchev–Trinajstić information content (AvgIpc) is 2.95. The summed E-state index contributed by atoms with van der Waals surface area (Å²) in [4.78, 5) is 3.98. The lowest BCUT2D eigenvalue weighted by Gasteiger charge is -2.11. The fourth-order valence-electron chi connectivity index (χ4n) is 2.57. The average molecular weight is 363 g/mol. The van der Waals surface area contributed by atoms with Gasteiger partial charge in [-0.25, -0.2) is 14.3 Å². The third-order valence-electron chi connectivity index (χ3n) is 3.65. The van der Waals surface area contributed by atoms with E-state index in [1.807, 2.05) is 0 Å². The van der Waals surface area contributed by atoms with Crippen molar-refractivity contribution in [3.63, 3.8) is 0 Å². The fourth-order valence-corrected chi connectivity index (χ4v) is 2.57. The third-order valence-corrected chi connectivity index (χ3v) is 3.65. The van der Waals surface area contributed by atoms with Crippen molar-refractivity contribution in [3.8, 4) is 22.9 Å². The molecule has 0 saturated carbocycles. The lowest BCUT2D eigenvalue weighted by molar-refractivity contribution is 0.163. The van der Waals surface area contributed by atoms with Crippen molar-refractivity contribution in [1.29, 1.82) is 5.53 Å². The van der Waals surface area contributed by atoms with E-state index in [1.54, 1.807) is 12.1 Å². The molecule has 26 heavy (non-hydrogen) atoms. The Hall–Kier alpha value is -3.50. The van der Waals surface area contributed by atoms with Gasteiger partial charge in [-0.2, -0.15) is 14.6 Å². The Morgan fingerprint density at radius 3 is 2.85 bits per heavy atom. The summed E-state index contributed by atoms with van der Waals surface area (Å²) in [6.07, 6.45) is -2.56. The zero-order valence-corrected chi connectivity index (χ0v) is 13.6. The van der Waals surface area contributed by atoms with Crippen LogP contribution in [-0.2, 0) is 0 Å². The summed E-state index contributed by atoms with van der Waals surface area (Å²) in [5, 5.41) is 19.9. The first kappa shape index (κ1) is 17.3. The molecule has 0 atom stereocenters. The van der Waals surface area contributed by atoms with Crippen molar-refractivity contribution < 1.29 is 18.6 Å². The number of nitrogens with zero attached hydrogens (tertiary/aromatic N) is 4. The zero-order chi connectivity index (χ0) is 18.8. The Labute approximate surface area is 145 Å². The topological polar surface area (TPSA) is 134 Å². The molecule has 0 amide bonds. The van der Waals surface area contributed by atoms with Gasteiger partial charge in [-0.1, -0.05) is 6.07 Å². The van der Waals surface area contributed by atoms with Crippen LogP contribution in [0.1, 0.15) is 0 Å². The summed E-state index contributed by atoms with van der Waals surface area (Å²) in [6.45, 7) is -0.587. The smallest absolute Gasteiger partial charge is 0.255 e. The van der Waals surface area contributed by atoms with Crippen LogP contribution >= 0.6 is 0 Å². The molecule has 0 radical (unpaired) electrons. The first-order valence-electron chi connectivity index (χ1n) is 7.40. The monoisotopic (exact) mass is 363 g/mol.